The Kier molecular flexibility index (Phi) is 6.62. The molecule has 0 saturated carbocycles. The number of nitrogens with one attached hydrogen (secondary N) is 1. The van der Waals surface area contributed by atoms with Crippen molar-refractivity contribution >= 4 is 35.0 Å². The van der Waals surface area contributed by atoms with E-state index >= 15 is 0 Å². The summed E-state index contributed by atoms with van der Waals surface area (Å²) in [5.41, 5.74) is -1.31. The third-order valence-electron chi connectivity index (χ3n) is 5.34. The molecular formula is C21H18ClF6N7. The molecule has 0 aliphatic carbocycles. The molecule has 14 heteroatoms. The van der Waals surface area contributed by atoms with Gasteiger partial charge in [-0.15, -0.1) is 0 Å². The summed E-state index contributed by atoms with van der Waals surface area (Å²) < 4.78 is 78.5. The molecule has 1 aliphatic heterocycles. The molecule has 2 aromatic heterocycles. The van der Waals surface area contributed by atoms with Gasteiger partial charge in [-0.05, 0) is 54.9 Å². The van der Waals surface area contributed by atoms with Gasteiger partial charge in [0, 0.05) is 37.6 Å². The van der Waals surface area contributed by atoms with Gasteiger partial charge in [-0.2, -0.15) is 41.3 Å². The van der Waals surface area contributed by atoms with Crippen LogP contribution < -0.4 is 15.1 Å². The Morgan fingerprint density at radius 1 is 0.943 bits per heavy atom. The van der Waals surface area contributed by atoms with E-state index in [4.69, 9.17) is 11.6 Å². The molecule has 1 aromatic carbocycles. The molecule has 1 aliphatic rings. The van der Waals surface area contributed by atoms with Crippen molar-refractivity contribution in [1.82, 2.24) is 19.9 Å². The molecule has 0 spiro atoms. The minimum absolute atomic E-state index is 0.0125. The molecule has 0 unspecified atom stereocenters. The Labute approximate surface area is 200 Å². The molecule has 0 radical (unpaired) electrons. The van der Waals surface area contributed by atoms with E-state index in [1.54, 1.807) is 16.7 Å². The number of aromatic nitrogens is 4. The van der Waals surface area contributed by atoms with Crippen LogP contribution in [0.3, 0.4) is 0 Å². The third-order valence-corrected chi connectivity index (χ3v) is 5.51. The minimum Gasteiger partial charge on any atom is -0.352 e. The first kappa shape index (κ1) is 24.8. The first-order chi connectivity index (χ1) is 16.4. The number of anilines is 4. The Morgan fingerprint density at radius 3 is 2.29 bits per heavy atom. The monoisotopic (exact) mass is 517 g/mol. The third kappa shape index (κ3) is 5.66. The average Bonchev–Trinajstić information content (AvgIpc) is 2.78. The SMILES string of the molecule is C[C@H]1CN(c2ncccc2C(F)(F)F)CCN1c1nc(Cl)nc(Nc2ccc(C(F)(F)F)cc2)n1. The van der Waals surface area contributed by atoms with Crippen LogP contribution in [-0.2, 0) is 12.4 Å². The molecule has 4 rings (SSSR count). The van der Waals surface area contributed by atoms with Gasteiger partial charge in [-0.1, -0.05) is 0 Å². The minimum atomic E-state index is -4.54. The maximum atomic E-state index is 13.4. The molecule has 3 aromatic rings. The van der Waals surface area contributed by atoms with Crippen LogP contribution >= 0.6 is 11.6 Å². The van der Waals surface area contributed by atoms with Crippen molar-refractivity contribution in [3.63, 3.8) is 0 Å². The number of piperazine rings is 1. The highest BCUT2D eigenvalue weighted by Crippen LogP contribution is 2.36. The second-order valence-electron chi connectivity index (χ2n) is 7.79. The topological polar surface area (TPSA) is 70.1 Å². The van der Waals surface area contributed by atoms with E-state index in [0.29, 0.717) is 5.69 Å². The number of rotatable bonds is 4. The van der Waals surface area contributed by atoms with Crippen LogP contribution in [0.1, 0.15) is 18.1 Å². The summed E-state index contributed by atoms with van der Waals surface area (Å²) in [6.45, 7) is 2.50. The Bertz CT molecular complexity index is 1190. The van der Waals surface area contributed by atoms with Crippen LogP contribution in [0.4, 0.5) is 49.7 Å². The zero-order valence-electron chi connectivity index (χ0n) is 18.1. The molecule has 1 fully saturated rings. The van der Waals surface area contributed by atoms with Crippen molar-refractivity contribution in [3.05, 3.63) is 59.0 Å². The summed E-state index contributed by atoms with van der Waals surface area (Å²) in [6, 6.07) is 6.21. The van der Waals surface area contributed by atoms with Crippen molar-refractivity contribution in [3.8, 4) is 0 Å². The molecule has 0 bridgehead atoms. The summed E-state index contributed by atoms with van der Waals surface area (Å²) in [5.74, 6) is 0.0481. The van der Waals surface area contributed by atoms with Crippen LogP contribution in [0.5, 0.6) is 0 Å². The van der Waals surface area contributed by atoms with Crippen molar-refractivity contribution in [2.24, 2.45) is 0 Å². The lowest BCUT2D eigenvalue weighted by Crippen LogP contribution is -2.53. The van der Waals surface area contributed by atoms with E-state index < -0.39 is 23.5 Å². The van der Waals surface area contributed by atoms with E-state index in [1.165, 1.54) is 24.4 Å². The van der Waals surface area contributed by atoms with Gasteiger partial charge in [0.25, 0.3) is 0 Å². The maximum Gasteiger partial charge on any atom is 0.419 e. The van der Waals surface area contributed by atoms with E-state index in [2.05, 4.69) is 25.3 Å². The van der Waals surface area contributed by atoms with E-state index in [-0.39, 0.29) is 48.7 Å². The van der Waals surface area contributed by atoms with Crippen LogP contribution in [0.25, 0.3) is 0 Å². The Balaban J connectivity index is 1.51. The number of halogens is 7. The first-order valence-corrected chi connectivity index (χ1v) is 10.7. The number of hydrogen-bond acceptors (Lipinski definition) is 7. The number of pyridine rings is 1. The average molecular weight is 518 g/mol. The molecule has 186 valence electrons. The lowest BCUT2D eigenvalue weighted by molar-refractivity contribution is -0.138. The summed E-state index contributed by atoms with van der Waals surface area (Å²) in [6.07, 6.45) is -7.69. The van der Waals surface area contributed by atoms with Gasteiger partial charge < -0.3 is 15.1 Å². The predicted molar refractivity (Wildman–Crippen MR) is 118 cm³/mol. The van der Waals surface area contributed by atoms with Gasteiger partial charge in [-0.25, -0.2) is 4.98 Å². The molecule has 1 atom stereocenters. The fourth-order valence-electron chi connectivity index (χ4n) is 3.71. The maximum absolute atomic E-state index is 13.4. The van der Waals surface area contributed by atoms with Crippen molar-refractivity contribution in [1.29, 1.82) is 0 Å². The molecule has 0 amide bonds. The highest BCUT2D eigenvalue weighted by molar-refractivity contribution is 6.28. The molecule has 35 heavy (non-hydrogen) atoms. The van der Waals surface area contributed by atoms with Crippen molar-refractivity contribution in [2.75, 3.05) is 34.8 Å². The zero-order chi connectivity index (χ0) is 25.4. The standard InChI is InChI=1S/C21H18ClF6N7/c1-12-11-34(16-15(21(26,27)28)3-2-8-29-16)9-10-35(12)19-32-17(22)31-18(33-19)30-14-6-4-13(5-7-14)20(23,24)25/h2-8,12H,9-11H2,1H3,(H,30,31,32,33)/t12-/m0/s1. The molecule has 1 N–H and O–H groups in total. The Morgan fingerprint density at radius 2 is 1.66 bits per heavy atom. The second-order valence-corrected chi connectivity index (χ2v) is 8.13. The first-order valence-electron chi connectivity index (χ1n) is 10.3. The van der Waals surface area contributed by atoms with Gasteiger partial charge in [0.2, 0.25) is 17.2 Å². The highest BCUT2D eigenvalue weighted by atomic mass is 35.5. The second kappa shape index (κ2) is 9.36. The lowest BCUT2D eigenvalue weighted by Gasteiger charge is -2.41. The van der Waals surface area contributed by atoms with Crippen LogP contribution in [0.2, 0.25) is 5.28 Å². The summed E-state index contributed by atoms with van der Waals surface area (Å²) in [7, 11) is 0. The van der Waals surface area contributed by atoms with Gasteiger partial charge in [0.05, 0.1) is 11.1 Å². The number of hydrogen-bond donors (Lipinski definition) is 1. The van der Waals surface area contributed by atoms with E-state index in [0.717, 1.165) is 18.2 Å². The highest BCUT2D eigenvalue weighted by Gasteiger charge is 2.37. The summed E-state index contributed by atoms with van der Waals surface area (Å²) in [5, 5.41) is 2.64. The Hall–Kier alpha value is -3.35. The smallest absolute Gasteiger partial charge is 0.352 e. The molecule has 7 nitrogen and oxygen atoms in total. The fraction of sp³-hybridized carbons (Fsp3) is 0.333. The zero-order valence-corrected chi connectivity index (χ0v) is 18.8. The molecule has 1 saturated heterocycles. The molecular weight excluding hydrogens is 500 g/mol. The van der Waals surface area contributed by atoms with Crippen molar-refractivity contribution in [2.45, 2.75) is 25.3 Å². The number of alkyl halides is 6. The predicted octanol–water partition coefficient (Wildman–Crippen LogP) is 5.42. The summed E-state index contributed by atoms with van der Waals surface area (Å²) >= 11 is 6.04. The fourth-order valence-corrected chi connectivity index (χ4v) is 3.87. The number of nitrogens with zero attached hydrogens (tertiary/aromatic N) is 6. The van der Waals surface area contributed by atoms with Crippen LogP contribution in [0, 0.1) is 0 Å². The van der Waals surface area contributed by atoms with E-state index in [9.17, 15) is 26.3 Å². The quantitative estimate of drug-likeness (QED) is 0.464. The van der Waals surface area contributed by atoms with E-state index in [1.807, 2.05) is 0 Å². The van der Waals surface area contributed by atoms with Gasteiger partial charge >= 0.3 is 12.4 Å². The van der Waals surface area contributed by atoms with Crippen LogP contribution in [0.15, 0.2) is 42.6 Å². The lowest BCUT2D eigenvalue weighted by atomic mass is 10.1. The van der Waals surface area contributed by atoms with Gasteiger partial charge in [0.15, 0.2) is 0 Å². The summed E-state index contributed by atoms with van der Waals surface area (Å²) in [4.78, 5) is 19.6. The van der Waals surface area contributed by atoms with Gasteiger partial charge in [0.1, 0.15) is 5.82 Å². The number of benzene rings is 1. The van der Waals surface area contributed by atoms with Crippen molar-refractivity contribution < 1.29 is 26.3 Å². The van der Waals surface area contributed by atoms with Crippen LogP contribution in [-0.4, -0.2) is 45.6 Å². The normalized spacial score (nSPS) is 17.0. The van der Waals surface area contributed by atoms with Gasteiger partial charge in [-0.3, -0.25) is 0 Å². The largest absolute Gasteiger partial charge is 0.419 e. The molecule has 3 heterocycles.